The lowest BCUT2D eigenvalue weighted by Gasteiger charge is -2.11. The smallest absolute Gasteiger partial charge is 0.330 e. The number of anilines is 1. The van der Waals surface area contributed by atoms with E-state index in [1.807, 2.05) is 61.5 Å². The number of allylic oxidation sites excluding steroid dienone is 1. The van der Waals surface area contributed by atoms with E-state index in [4.69, 9.17) is 4.74 Å². The van der Waals surface area contributed by atoms with Crippen molar-refractivity contribution in [2.75, 3.05) is 11.9 Å². The Bertz CT molecular complexity index is 693. The second kappa shape index (κ2) is 8.54. The zero-order chi connectivity index (χ0) is 16.5. The van der Waals surface area contributed by atoms with Crippen molar-refractivity contribution in [2.45, 2.75) is 13.3 Å². The van der Waals surface area contributed by atoms with E-state index in [1.165, 1.54) is 6.08 Å². The molecule has 23 heavy (non-hydrogen) atoms. The summed E-state index contributed by atoms with van der Waals surface area (Å²) in [7, 11) is 0. The molecule has 0 bridgehead atoms. The molecule has 0 aliphatic heterocycles. The maximum atomic E-state index is 12.0. The van der Waals surface area contributed by atoms with Crippen LogP contribution in [0.3, 0.4) is 0 Å². The van der Waals surface area contributed by atoms with Crippen LogP contribution in [0.5, 0.6) is 0 Å². The summed E-state index contributed by atoms with van der Waals surface area (Å²) >= 11 is 0. The molecule has 1 N–H and O–H groups in total. The van der Waals surface area contributed by atoms with Gasteiger partial charge >= 0.3 is 5.97 Å². The summed E-state index contributed by atoms with van der Waals surface area (Å²) in [5, 5.41) is 2.78. The first-order chi connectivity index (χ1) is 11.2. The Kier molecular flexibility index (Phi) is 6.12. The third-order valence-corrected chi connectivity index (χ3v) is 3.12. The third kappa shape index (κ3) is 5.11. The molecule has 1 amide bonds. The van der Waals surface area contributed by atoms with Crippen molar-refractivity contribution in [3.63, 3.8) is 0 Å². The third-order valence-electron chi connectivity index (χ3n) is 3.12. The highest BCUT2D eigenvalue weighted by Crippen LogP contribution is 2.27. The van der Waals surface area contributed by atoms with Gasteiger partial charge in [-0.15, -0.1) is 0 Å². The number of nitrogens with one attached hydrogen (secondary N) is 1. The van der Waals surface area contributed by atoms with Crippen LogP contribution in [0.2, 0.25) is 0 Å². The van der Waals surface area contributed by atoms with E-state index < -0.39 is 5.97 Å². The number of benzene rings is 2. The fourth-order valence-corrected chi connectivity index (χ4v) is 2.05. The molecule has 0 fully saturated rings. The largest absolute Gasteiger partial charge is 0.452 e. The topological polar surface area (TPSA) is 55.4 Å². The lowest BCUT2D eigenvalue weighted by molar-refractivity contribution is -0.142. The SMILES string of the molecule is CC/C=C/C(=O)OCC(=O)Nc1ccccc1-c1ccccc1. The molecular weight excluding hydrogens is 290 g/mol. The van der Waals surface area contributed by atoms with E-state index in [2.05, 4.69) is 5.32 Å². The van der Waals surface area contributed by atoms with Gasteiger partial charge in [0.2, 0.25) is 0 Å². The molecule has 0 atom stereocenters. The van der Waals surface area contributed by atoms with Crippen LogP contribution >= 0.6 is 0 Å². The average molecular weight is 309 g/mol. The van der Waals surface area contributed by atoms with Crippen molar-refractivity contribution in [1.82, 2.24) is 0 Å². The van der Waals surface area contributed by atoms with Crippen molar-refractivity contribution in [3.8, 4) is 11.1 Å². The van der Waals surface area contributed by atoms with E-state index in [1.54, 1.807) is 6.08 Å². The number of amides is 1. The number of carbonyl (C=O) groups excluding carboxylic acids is 2. The fraction of sp³-hybridized carbons (Fsp3) is 0.158. The molecule has 0 saturated carbocycles. The predicted octanol–water partition coefficient (Wildman–Crippen LogP) is 3.80. The number of para-hydroxylation sites is 1. The standard InChI is InChI=1S/C19H19NO3/c1-2-3-13-19(22)23-14-18(21)20-17-12-8-7-11-16(17)15-9-5-4-6-10-15/h3-13H,2,14H2,1H3,(H,20,21)/b13-3+. The molecule has 118 valence electrons. The van der Waals surface area contributed by atoms with Gasteiger partial charge in [-0.05, 0) is 18.1 Å². The number of esters is 1. The Morgan fingerprint density at radius 2 is 1.74 bits per heavy atom. The van der Waals surface area contributed by atoms with Gasteiger partial charge in [-0.2, -0.15) is 0 Å². The number of hydrogen-bond acceptors (Lipinski definition) is 3. The van der Waals surface area contributed by atoms with Gasteiger partial charge in [-0.25, -0.2) is 4.79 Å². The molecule has 0 spiro atoms. The molecule has 0 heterocycles. The van der Waals surface area contributed by atoms with Crippen molar-refractivity contribution in [3.05, 3.63) is 66.7 Å². The molecule has 4 heteroatoms. The number of ether oxygens (including phenoxy) is 1. The Labute approximate surface area is 135 Å². The first-order valence-electron chi connectivity index (χ1n) is 7.48. The number of hydrogen-bond donors (Lipinski definition) is 1. The van der Waals surface area contributed by atoms with Crippen LogP contribution in [0.15, 0.2) is 66.7 Å². The van der Waals surface area contributed by atoms with Gasteiger partial charge in [0.05, 0.1) is 0 Å². The molecular formula is C19H19NO3. The second-order valence-corrected chi connectivity index (χ2v) is 4.88. The lowest BCUT2D eigenvalue weighted by Crippen LogP contribution is -2.20. The monoisotopic (exact) mass is 309 g/mol. The molecule has 2 aromatic carbocycles. The molecule has 0 aromatic heterocycles. The molecule has 0 saturated heterocycles. The average Bonchev–Trinajstić information content (AvgIpc) is 2.59. The van der Waals surface area contributed by atoms with Crippen LogP contribution in [0.4, 0.5) is 5.69 Å². The normalized spacial score (nSPS) is 10.5. The molecule has 0 radical (unpaired) electrons. The van der Waals surface area contributed by atoms with Crippen molar-refractivity contribution in [1.29, 1.82) is 0 Å². The van der Waals surface area contributed by atoms with Gasteiger partial charge in [-0.3, -0.25) is 4.79 Å². The first-order valence-corrected chi connectivity index (χ1v) is 7.48. The zero-order valence-corrected chi connectivity index (χ0v) is 13.0. The first kappa shape index (κ1) is 16.5. The number of carbonyl (C=O) groups is 2. The second-order valence-electron chi connectivity index (χ2n) is 4.88. The van der Waals surface area contributed by atoms with E-state index in [0.29, 0.717) is 5.69 Å². The summed E-state index contributed by atoms with van der Waals surface area (Å²) < 4.78 is 4.89. The van der Waals surface area contributed by atoms with Crippen LogP contribution in [-0.2, 0) is 14.3 Å². The van der Waals surface area contributed by atoms with E-state index in [0.717, 1.165) is 17.5 Å². The van der Waals surface area contributed by atoms with Crippen molar-refractivity contribution in [2.24, 2.45) is 0 Å². The molecule has 0 aliphatic rings. The van der Waals surface area contributed by atoms with Gasteiger partial charge in [0, 0.05) is 17.3 Å². The Morgan fingerprint density at radius 3 is 2.48 bits per heavy atom. The van der Waals surface area contributed by atoms with Crippen LogP contribution in [0, 0.1) is 0 Å². The minimum Gasteiger partial charge on any atom is -0.452 e. The highest BCUT2D eigenvalue weighted by Gasteiger charge is 2.09. The van der Waals surface area contributed by atoms with Crippen molar-refractivity contribution >= 4 is 17.6 Å². The Morgan fingerprint density at radius 1 is 1.04 bits per heavy atom. The molecule has 2 rings (SSSR count). The van der Waals surface area contributed by atoms with Gasteiger partial charge in [0.1, 0.15) is 0 Å². The van der Waals surface area contributed by atoms with Crippen LogP contribution in [-0.4, -0.2) is 18.5 Å². The zero-order valence-electron chi connectivity index (χ0n) is 13.0. The van der Waals surface area contributed by atoms with E-state index >= 15 is 0 Å². The Balaban J connectivity index is 2.02. The van der Waals surface area contributed by atoms with Crippen LogP contribution in [0.1, 0.15) is 13.3 Å². The summed E-state index contributed by atoms with van der Waals surface area (Å²) in [4.78, 5) is 23.3. The quantitative estimate of drug-likeness (QED) is 0.652. The van der Waals surface area contributed by atoms with Crippen molar-refractivity contribution < 1.29 is 14.3 Å². The van der Waals surface area contributed by atoms with E-state index in [9.17, 15) is 9.59 Å². The molecule has 4 nitrogen and oxygen atoms in total. The van der Waals surface area contributed by atoms with Crippen LogP contribution in [0.25, 0.3) is 11.1 Å². The highest BCUT2D eigenvalue weighted by molar-refractivity contribution is 5.97. The summed E-state index contributed by atoms with van der Waals surface area (Å²) in [6.07, 6.45) is 3.75. The maximum absolute atomic E-state index is 12.0. The predicted molar refractivity (Wildman–Crippen MR) is 90.9 cm³/mol. The minimum atomic E-state index is -0.515. The summed E-state index contributed by atoms with van der Waals surface area (Å²) in [6.45, 7) is 1.60. The Hall–Kier alpha value is -2.88. The molecule has 0 unspecified atom stereocenters. The van der Waals surface area contributed by atoms with Gasteiger partial charge in [0.15, 0.2) is 6.61 Å². The molecule has 2 aromatic rings. The lowest BCUT2D eigenvalue weighted by atomic mass is 10.0. The number of rotatable bonds is 6. The fourth-order valence-electron chi connectivity index (χ4n) is 2.05. The van der Waals surface area contributed by atoms with Gasteiger partial charge in [0.25, 0.3) is 5.91 Å². The van der Waals surface area contributed by atoms with Gasteiger partial charge in [-0.1, -0.05) is 61.5 Å². The maximum Gasteiger partial charge on any atom is 0.330 e. The summed E-state index contributed by atoms with van der Waals surface area (Å²) in [6, 6.07) is 17.3. The minimum absolute atomic E-state index is 0.310. The summed E-state index contributed by atoms with van der Waals surface area (Å²) in [5.74, 6) is -0.884. The van der Waals surface area contributed by atoms with Gasteiger partial charge < -0.3 is 10.1 Å². The highest BCUT2D eigenvalue weighted by atomic mass is 16.5. The summed E-state index contributed by atoms with van der Waals surface area (Å²) in [5.41, 5.74) is 2.61. The molecule has 0 aliphatic carbocycles. The van der Waals surface area contributed by atoms with Crippen LogP contribution < -0.4 is 5.32 Å². The van der Waals surface area contributed by atoms with E-state index in [-0.39, 0.29) is 12.5 Å².